The molecule has 16 heavy (non-hydrogen) atoms. The monoisotopic (exact) mass is 248 g/mol. The molecule has 1 atom stereocenters. The second kappa shape index (κ2) is 5.63. The number of hydrogen-bond donors (Lipinski definition) is 1. The van der Waals surface area contributed by atoms with Crippen molar-refractivity contribution in [1.82, 2.24) is 4.90 Å². The van der Waals surface area contributed by atoms with Crippen molar-refractivity contribution in [3.05, 3.63) is 0 Å². The van der Waals surface area contributed by atoms with Crippen molar-refractivity contribution in [2.24, 2.45) is 11.7 Å². The lowest BCUT2D eigenvalue weighted by Gasteiger charge is -2.24. The molecule has 5 nitrogen and oxygen atoms in total. The Balaban J connectivity index is 2.61. The molecule has 1 aliphatic rings. The highest BCUT2D eigenvalue weighted by atomic mass is 32.2. The maximum absolute atomic E-state index is 12.0. The van der Waals surface area contributed by atoms with Crippen LogP contribution in [0.15, 0.2) is 0 Å². The van der Waals surface area contributed by atoms with Gasteiger partial charge in [-0.15, -0.1) is 0 Å². The molecule has 0 aliphatic carbocycles. The number of carbonyl (C=O) groups is 1. The van der Waals surface area contributed by atoms with E-state index in [0.29, 0.717) is 26.1 Å². The standard InChI is InChI=1S/C10H20N2O3S/c1-2-5-12(6-4-11)10(13)9-3-7-16(14,15)8-9/h9H,2-8,11H2,1H3. The van der Waals surface area contributed by atoms with E-state index in [2.05, 4.69) is 0 Å². The van der Waals surface area contributed by atoms with Crippen LogP contribution in [-0.2, 0) is 14.6 Å². The molecule has 0 bridgehead atoms. The van der Waals surface area contributed by atoms with Crippen LogP contribution in [0.4, 0.5) is 0 Å². The zero-order chi connectivity index (χ0) is 12.2. The summed E-state index contributed by atoms with van der Waals surface area (Å²) in [7, 11) is -2.98. The van der Waals surface area contributed by atoms with Crippen molar-refractivity contribution >= 4 is 15.7 Å². The second-order valence-corrected chi connectivity index (χ2v) is 6.44. The summed E-state index contributed by atoms with van der Waals surface area (Å²) in [6, 6.07) is 0. The normalized spacial score (nSPS) is 23.2. The van der Waals surface area contributed by atoms with Crippen LogP contribution in [0.25, 0.3) is 0 Å². The minimum absolute atomic E-state index is 0.0105. The molecular weight excluding hydrogens is 228 g/mol. The van der Waals surface area contributed by atoms with Gasteiger partial charge in [0.1, 0.15) is 0 Å². The van der Waals surface area contributed by atoms with E-state index in [4.69, 9.17) is 5.73 Å². The van der Waals surface area contributed by atoms with Crippen molar-refractivity contribution in [3.8, 4) is 0 Å². The third-order valence-corrected chi connectivity index (χ3v) is 4.55. The first-order valence-corrected chi connectivity index (χ1v) is 7.51. The molecule has 0 aromatic heterocycles. The van der Waals surface area contributed by atoms with Gasteiger partial charge < -0.3 is 10.6 Å². The van der Waals surface area contributed by atoms with Crippen molar-refractivity contribution in [1.29, 1.82) is 0 Å². The van der Waals surface area contributed by atoms with Gasteiger partial charge in [0, 0.05) is 19.6 Å². The van der Waals surface area contributed by atoms with Crippen LogP contribution < -0.4 is 5.73 Å². The second-order valence-electron chi connectivity index (χ2n) is 4.21. The van der Waals surface area contributed by atoms with E-state index in [1.165, 1.54) is 0 Å². The number of carbonyl (C=O) groups excluding carboxylic acids is 1. The Labute approximate surface area is 96.9 Å². The van der Waals surface area contributed by atoms with Crippen LogP contribution in [0.5, 0.6) is 0 Å². The highest BCUT2D eigenvalue weighted by Gasteiger charge is 2.34. The Kier molecular flexibility index (Phi) is 4.73. The van der Waals surface area contributed by atoms with Crippen LogP contribution in [0, 0.1) is 5.92 Å². The van der Waals surface area contributed by atoms with Crippen molar-refractivity contribution in [3.63, 3.8) is 0 Å². The van der Waals surface area contributed by atoms with Crippen LogP contribution in [-0.4, -0.2) is 50.4 Å². The van der Waals surface area contributed by atoms with Crippen molar-refractivity contribution in [2.75, 3.05) is 31.1 Å². The average molecular weight is 248 g/mol. The largest absolute Gasteiger partial charge is 0.341 e. The molecule has 0 saturated carbocycles. The summed E-state index contributed by atoms with van der Waals surface area (Å²) in [4.78, 5) is 13.7. The molecule has 1 unspecified atom stereocenters. The predicted octanol–water partition coefficient (Wildman–Crippen LogP) is -0.382. The van der Waals surface area contributed by atoms with E-state index in [-0.39, 0.29) is 23.3 Å². The number of nitrogens with zero attached hydrogens (tertiary/aromatic N) is 1. The van der Waals surface area contributed by atoms with Gasteiger partial charge in [-0.3, -0.25) is 4.79 Å². The molecule has 1 heterocycles. The number of sulfone groups is 1. The third-order valence-electron chi connectivity index (χ3n) is 2.79. The highest BCUT2D eigenvalue weighted by Crippen LogP contribution is 2.20. The molecule has 1 rings (SSSR count). The first kappa shape index (κ1) is 13.4. The molecule has 1 amide bonds. The lowest BCUT2D eigenvalue weighted by molar-refractivity contribution is -0.134. The van der Waals surface area contributed by atoms with Crippen molar-refractivity contribution in [2.45, 2.75) is 19.8 Å². The van der Waals surface area contributed by atoms with E-state index in [1.54, 1.807) is 4.90 Å². The van der Waals surface area contributed by atoms with Gasteiger partial charge in [0.15, 0.2) is 9.84 Å². The van der Waals surface area contributed by atoms with Gasteiger partial charge in [0.2, 0.25) is 5.91 Å². The Morgan fingerprint density at radius 3 is 2.56 bits per heavy atom. The Hall–Kier alpha value is -0.620. The lowest BCUT2D eigenvalue weighted by Crippen LogP contribution is -2.40. The maximum Gasteiger partial charge on any atom is 0.226 e. The zero-order valence-electron chi connectivity index (χ0n) is 9.68. The topological polar surface area (TPSA) is 80.5 Å². The summed E-state index contributed by atoms with van der Waals surface area (Å²) in [5.74, 6) is -0.237. The van der Waals surface area contributed by atoms with E-state index in [9.17, 15) is 13.2 Å². The summed E-state index contributed by atoms with van der Waals surface area (Å²) in [6.45, 7) is 3.59. The highest BCUT2D eigenvalue weighted by molar-refractivity contribution is 7.91. The molecule has 6 heteroatoms. The van der Waals surface area contributed by atoms with E-state index >= 15 is 0 Å². The molecule has 94 valence electrons. The smallest absolute Gasteiger partial charge is 0.226 e. The van der Waals surface area contributed by atoms with E-state index in [0.717, 1.165) is 6.42 Å². The SMILES string of the molecule is CCCN(CCN)C(=O)C1CCS(=O)(=O)C1. The van der Waals surface area contributed by atoms with Crippen LogP contribution in [0.3, 0.4) is 0 Å². The molecule has 0 aromatic rings. The summed E-state index contributed by atoms with van der Waals surface area (Å²) < 4.78 is 22.6. The van der Waals surface area contributed by atoms with Crippen molar-refractivity contribution < 1.29 is 13.2 Å². The fourth-order valence-electron chi connectivity index (χ4n) is 2.01. The van der Waals surface area contributed by atoms with Crippen LogP contribution in [0.1, 0.15) is 19.8 Å². The first-order valence-electron chi connectivity index (χ1n) is 5.69. The van der Waals surface area contributed by atoms with Gasteiger partial charge in [-0.05, 0) is 12.8 Å². The lowest BCUT2D eigenvalue weighted by atomic mass is 10.1. The first-order chi connectivity index (χ1) is 7.50. The van der Waals surface area contributed by atoms with E-state index < -0.39 is 9.84 Å². The molecule has 2 N–H and O–H groups in total. The maximum atomic E-state index is 12.0. The molecule has 1 fully saturated rings. The molecule has 1 saturated heterocycles. The van der Waals surface area contributed by atoms with Crippen LogP contribution >= 0.6 is 0 Å². The van der Waals surface area contributed by atoms with Crippen LogP contribution in [0.2, 0.25) is 0 Å². The van der Waals surface area contributed by atoms with Gasteiger partial charge in [0.25, 0.3) is 0 Å². The third kappa shape index (κ3) is 3.45. The molecule has 0 aromatic carbocycles. The van der Waals surface area contributed by atoms with E-state index in [1.807, 2.05) is 6.92 Å². The molecule has 0 radical (unpaired) electrons. The zero-order valence-corrected chi connectivity index (χ0v) is 10.5. The Bertz CT molecular complexity index is 334. The summed E-state index contributed by atoms with van der Waals surface area (Å²) in [5.41, 5.74) is 5.44. The fraction of sp³-hybridized carbons (Fsp3) is 0.900. The van der Waals surface area contributed by atoms with Gasteiger partial charge in [-0.25, -0.2) is 8.42 Å². The fourth-order valence-corrected chi connectivity index (χ4v) is 3.74. The minimum atomic E-state index is -2.98. The van der Waals surface area contributed by atoms with Gasteiger partial charge in [-0.2, -0.15) is 0 Å². The molecular formula is C10H20N2O3S. The number of hydrogen-bond acceptors (Lipinski definition) is 4. The molecule has 0 spiro atoms. The van der Waals surface area contributed by atoms with Gasteiger partial charge in [0.05, 0.1) is 17.4 Å². The number of rotatable bonds is 5. The summed E-state index contributed by atoms with van der Waals surface area (Å²) in [5, 5.41) is 0. The Morgan fingerprint density at radius 1 is 1.44 bits per heavy atom. The Morgan fingerprint density at radius 2 is 2.12 bits per heavy atom. The summed E-state index contributed by atoms with van der Waals surface area (Å²) in [6.07, 6.45) is 1.33. The number of amides is 1. The quantitative estimate of drug-likeness (QED) is 0.719. The van der Waals surface area contributed by atoms with Gasteiger partial charge in [-0.1, -0.05) is 6.92 Å². The average Bonchev–Trinajstić information content (AvgIpc) is 2.57. The summed E-state index contributed by atoms with van der Waals surface area (Å²) >= 11 is 0. The van der Waals surface area contributed by atoms with Gasteiger partial charge >= 0.3 is 0 Å². The predicted molar refractivity (Wildman–Crippen MR) is 62.7 cm³/mol. The minimum Gasteiger partial charge on any atom is -0.341 e. The molecule has 1 aliphatic heterocycles. The number of nitrogens with two attached hydrogens (primary N) is 1.